The lowest BCUT2D eigenvalue weighted by Crippen LogP contribution is -2.51. The third-order valence-electron chi connectivity index (χ3n) is 5.41. The molecule has 0 radical (unpaired) electrons. The van der Waals surface area contributed by atoms with Gasteiger partial charge in [0.15, 0.2) is 11.1 Å². The Morgan fingerprint density at radius 2 is 1.63 bits per heavy atom. The van der Waals surface area contributed by atoms with Gasteiger partial charge in [0.1, 0.15) is 0 Å². The number of aromatic nitrogens is 3. The Kier molecular flexibility index (Phi) is 8.88. The third-order valence-corrected chi connectivity index (χ3v) is 6.24. The molecule has 2 aromatic heterocycles. The lowest BCUT2D eigenvalue weighted by molar-refractivity contribution is 0.255. The van der Waals surface area contributed by atoms with Crippen LogP contribution in [-0.2, 0) is 0 Å². The first kappa shape index (κ1) is 22.9. The summed E-state index contributed by atoms with van der Waals surface area (Å²) in [4.78, 5) is 26.9. The highest BCUT2D eigenvalue weighted by Gasteiger charge is 2.20. The van der Waals surface area contributed by atoms with Crippen LogP contribution in [0.4, 0.5) is 11.1 Å². The van der Waals surface area contributed by atoms with E-state index < -0.39 is 0 Å². The highest BCUT2D eigenvalue weighted by molar-refractivity contribution is 14.0. The summed E-state index contributed by atoms with van der Waals surface area (Å²) in [5.74, 6) is 1.51. The summed E-state index contributed by atoms with van der Waals surface area (Å²) in [5.41, 5.74) is 6.22. The number of hydrogen-bond acceptors (Lipinski definition) is 8. The second kappa shape index (κ2) is 11.6. The second-order valence-electron chi connectivity index (χ2n) is 7.26. The van der Waals surface area contributed by atoms with Crippen LogP contribution < -0.4 is 15.5 Å². The number of halogens is 1. The average Bonchev–Trinajstić information content (AvgIpc) is 3.33. The van der Waals surface area contributed by atoms with Gasteiger partial charge < -0.3 is 20.4 Å². The molecule has 0 atom stereocenters. The van der Waals surface area contributed by atoms with Crippen LogP contribution in [0.5, 0.6) is 0 Å². The molecule has 4 heterocycles. The van der Waals surface area contributed by atoms with Gasteiger partial charge in [-0.05, 0) is 12.5 Å². The summed E-state index contributed by atoms with van der Waals surface area (Å²) in [6.07, 6.45) is 6.49. The molecule has 2 saturated heterocycles. The van der Waals surface area contributed by atoms with E-state index >= 15 is 0 Å². The van der Waals surface area contributed by atoms with Crippen molar-refractivity contribution in [2.75, 3.05) is 75.2 Å². The zero-order valence-electron chi connectivity index (χ0n) is 17.1. The van der Waals surface area contributed by atoms with E-state index in [-0.39, 0.29) is 24.0 Å². The maximum atomic E-state index is 6.22. The minimum Gasteiger partial charge on any atom is -0.370 e. The van der Waals surface area contributed by atoms with Crippen molar-refractivity contribution in [1.82, 2.24) is 24.8 Å². The molecule has 2 N–H and O–H groups in total. The van der Waals surface area contributed by atoms with Gasteiger partial charge in [0.2, 0.25) is 5.95 Å². The Bertz CT molecular complexity index is 758. The van der Waals surface area contributed by atoms with Crippen molar-refractivity contribution in [3.8, 4) is 0 Å². The summed E-state index contributed by atoms with van der Waals surface area (Å²) < 4.78 is 0. The Hall–Kier alpha value is -1.73. The van der Waals surface area contributed by atoms with Gasteiger partial charge in [-0.15, -0.1) is 35.3 Å². The molecule has 2 fully saturated rings. The van der Waals surface area contributed by atoms with Crippen LogP contribution in [0.1, 0.15) is 6.42 Å². The van der Waals surface area contributed by atoms with E-state index in [2.05, 4.69) is 39.5 Å². The highest BCUT2D eigenvalue weighted by Crippen LogP contribution is 2.18. The topological polar surface area (TPSA) is 90.0 Å². The fourth-order valence-electron chi connectivity index (χ4n) is 3.71. The smallest absolute Gasteiger partial charge is 0.225 e. The van der Waals surface area contributed by atoms with Gasteiger partial charge in [0.05, 0.1) is 0 Å². The maximum absolute atomic E-state index is 6.22. The Balaban J connectivity index is 0.00000256. The highest BCUT2D eigenvalue weighted by atomic mass is 127. The molecule has 30 heavy (non-hydrogen) atoms. The molecular formula is C19H30IN9S. The van der Waals surface area contributed by atoms with Crippen LogP contribution in [-0.4, -0.2) is 96.2 Å². The number of rotatable bonds is 6. The molecule has 0 spiro atoms. The molecule has 2 aliphatic rings. The second-order valence-corrected chi connectivity index (χ2v) is 8.13. The number of piperazine rings is 2. The molecule has 11 heteroatoms. The normalized spacial score (nSPS) is 18.4. The molecule has 164 valence electrons. The Labute approximate surface area is 199 Å². The Morgan fingerprint density at radius 1 is 0.933 bits per heavy atom. The average molecular weight is 543 g/mol. The van der Waals surface area contributed by atoms with Gasteiger partial charge in [-0.25, -0.2) is 15.0 Å². The van der Waals surface area contributed by atoms with E-state index in [4.69, 9.17) is 5.73 Å². The van der Waals surface area contributed by atoms with Gasteiger partial charge in [-0.2, -0.15) is 0 Å². The summed E-state index contributed by atoms with van der Waals surface area (Å²) in [6.45, 7) is 9.54. The molecular weight excluding hydrogens is 513 g/mol. The molecule has 2 aromatic rings. The van der Waals surface area contributed by atoms with E-state index in [0.717, 1.165) is 82.9 Å². The zero-order chi connectivity index (χ0) is 19.9. The van der Waals surface area contributed by atoms with Crippen LogP contribution in [0.2, 0.25) is 0 Å². The number of guanidine groups is 1. The minimum absolute atomic E-state index is 0. The van der Waals surface area contributed by atoms with Gasteiger partial charge in [-0.3, -0.25) is 9.89 Å². The molecule has 0 aromatic carbocycles. The summed E-state index contributed by atoms with van der Waals surface area (Å²) >= 11 is 1.69. The lowest BCUT2D eigenvalue weighted by Gasteiger charge is -2.35. The minimum atomic E-state index is 0. The van der Waals surface area contributed by atoms with Crippen LogP contribution >= 0.6 is 35.3 Å². The number of hydrogen-bond donors (Lipinski definition) is 1. The fourth-order valence-corrected chi connectivity index (χ4v) is 4.41. The van der Waals surface area contributed by atoms with Gasteiger partial charge in [0, 0.05) is 89.4 Å². The maximum Gasteiger partial charge on any atom is 0.225 e. The number of thiazole rings is 1. The van der Waals surface area contributed by atoms with E-state index in [9.17, 15) is 0 Å². The van der Waals surface area contributed by atoms with Crippen LogP contribution in [0, 0.1) is 0 Å². The number of nitrogens with two attached hydrogens (primary N) is 1. The van der Waals surface area contributed by atoms with Crippen molar-refractivity contribution >= 4 is 52.4 Å². The van der Waals surface area contributed by atoms with E-state index in [1.807, 2.05) is 17.6 Å². The number of aliphatic imine (C=N–C) groups is 1. The van der Waals surface area contributed by atoms with Crippen molar-refractivity contribution in [1.29, 1.82) is 0 Å². The van der Waals surface area contributed by atoms with E-state index in [1.165, 1.54) is 0 Å². The number of nitrogens with zero attached hydrogens (tertiary/aromatic N) is 8. The monoisotopic (exact) mass is 543 g/mol. The van der Waals surface area contributed by atoms with E-state index in [1.54, 1.807) is 23.7 Å². The van der Waals surface area contributed by atoms with E-state index in [0.29, 0.717) is 5.96 Å². The SMILES string of the molecule is I.NC(=NCCCN1CCN(c2ncccn2)CC1)N1CCN(c2nccs2)CC1. The van der Waals surface area contributed by atoms with Crippen molar-refractivity contribution in [3.05, 3.63) is 30.0 Å². The first-order chi connectivity index (χ1) is 14.3. The van der Waals surface area contributed by atoms with Gasteiger partial charge >= 0.3 is 0 Å². The van der Waals surface area contributed by atoms with Gasteiger partial charge in [-0.1, -0.05) is 0 Å². The first-order valence-corrected chi connectivity index (χ1v) is 11.1. The van der Waals surface area contributed by atoms with Crippen molar-refractivity contribution in [2.45, 2.75) is 6.42 Å². The van der Waals surface area contributed by atoms with Crippen molar-refractivity contribution in [2.24, 2.45) is 10.7 Å². The molecule has 9 nitrogen and oxygen atoms in total. The zero-order valence-corrected chi connectivity index (χ0v) is 20.3. The summed E-state index contributed by atoms with van der Waals surface area (Å²) in [5, 5.41) is 3.12. The van der Waals surface area contributed by atoms with Crippen LogP contribution in [0.3, 0.4) is 0 Å². The quantitative estimate of drug-likeness (QED) is 0.252. The molecule has 0 bridgehead atoms. The molecule has 0 aliphatic carbocycles. The summed E-state index contributed by atoms with van der Waals surface area (Å²) in [6, 6.07) is 1.85. The lowest BCUT2D eigenvalue weighted by atomic mass is 10.3. The van der Waals surface area contributed by atoms with Gasteiger partial charge in [0.25, 0.3) is 0 Å². The first-order valence-electron chi connectivity index (χ1n) is 10.2. The summed E-state index contributed by atoms with van der Waals surface area (Å²) in [7, 11) is 0. The third kappa shape index (κ3) is 6.14. The molecule has 0 saturated carbocycles. The fraction of sp³-hybridized carbons (Fsp3) is 0.579. The molecule has 4 rings (SSSR count). The Morgan fingerprint density at radius 3 is 2.30 bits per heavy atom. The van der Waals surface area contributed by atoms with Crippen LogP contribution in [0.15, 0.2) is 35.0 Å². The molecule has 0 unspecified atom stereocenters. The predicted octanol–water partition coefficient (Wildman–Crippen LogP) is 1.20. The van der Waals surface area contributed by atoms with Crippen LogP contribution in [0.25, 0.3) is 0 Å². The molecule has 0 amide bonds. The predicted molar refractivity (Wildman–Crippen MR) is 133 cm³/mol. The van der Waals surface area contributed by atoms with Crippen molar-refractivity contribution in [3.63, 3.8) is 0 Å². The largest absolute Gasteiger partial charge is 0.370 e. The number of anilines is 2. The molecule has 2 aliphatic heterocycles. The van der Waals surface area contributed by atoms with Crippen molar-refractivity contribution < 1.29 is 0 Å². The standard InChI is InChI=1S/C19H29N9S.HI/c20-17(26-12-14-28(15-13-26)19-24-6-16-29-19)21-5-2-7-25-8-10-27(11-9-25)18-22-3-1-4-23-18;/h1,3-4,6,16H,2,5,7-15H2,(H2,20,21);1H.